The SMILES string of the molecule is CN(CC(=O)NCCOc1ccc(C(F)(F)F)cc1)C(=O)c1ccccc1. The van der Waals surface area contributed by atoms with Crippen LogP contribution in [0.25, 0.3) is 0 Å². The highest BCUT2D eigenvalue weighted by atomic mass is 19.4. The van der Waals surface area contributed by atoms with Gasteiger partial charge in [-0.05, 0) is 36.4 Å². The van der Waals surface area contributed by atoms with E-state index in [2.05, 4.69) is 5.32 Å². The molecule has 2 amide bonds. The van der Waals surface area contributed by atoms with E-state index in [-0.39, 0.29) is 37.3 Å². The first-order valence-corrected chi connectivity index (χ1v) is 8.14. The molecule has 0 unspecified atom stereocenters. The standard InChI is InChI=1S/C19H19F3N2O3/c1-24(18(26)14-5-3-2-4-6-14)13-17(25)23-11-12-27-16-9-7-15(8-10-16)19(20,21)22/h2-10H,11-13H2,1H3,(H,23,25). The molecule has 0 heterocycles. The number of halogens is 3. The molecule has 5 nitrogen and oxygen atoms in total. The van der Waals surface area contributed by atoms with E-state index >= 15 is 0 Å². The normalized spacial score (nSPS) is 11.0. The van der Waals surface area contributed by atoms with Crippen molar-refractivity contribution in [2.45, 2.75) is 6.18 Å². The highest BCUT2D eigenvalue weighted by molar-refractivity contribution is 5.96. The Balaban J connectivity index is 1.71. The van der Waals surface area contributed by atoms with Crippen molar-refractivity contribution in [2.24, 2.45) is 0 Å². The first-order valence-electron chi connectivity index (χ1n) is 8.14. The molecule has 0 radical (unpaired) electrons. The summed E-state index contributed by atoms with van der Waals surface area (Å²) in [4.78, 5) is 25.3. The molecule has 1 N–H and O–H groups in total. The summed E-state index contributed by atoms with van der Waals surface area (Å²) < 4.78 is 42.7. The number of benzene rings is 2. The van der Waals surface area contributed by atoms with Crippen molar-refractivity contribution in [3.8, 4) is 5.75 Å². The van der Waals surface area contributed by atoms with Gasteiger partial charge in [0, 0.05) is 12.6 Å². The van der Waals surface area contributed by atoms with Gasteiger partial charge in [-0.25, -0.2) is 0 Å². The zero-order valence-corrected chi connectivity index (χ0v) is 14.6. The number of carbonyl (C=O) groups is 2. The highest BCUT2D eigenvalue weighted by Crippen LogP contribution is 2.30. The Hall–Kier alpha value is -3.03. The lowest BCUT2D eigenvalue weighted by Gasteiger charge is -2.17. The molecule has 0 fully saturated rings. The minimum Gasteiger partial charge on any atom is -0.492 e. The molecule has 0 saturated heterocycles. The molecule has 0 aliphatic heterocycles. The number of hydrogen-bond acceptors (Lipinski definition) is 3. The summed E-state index contributed by atoms with van der Waals surface area (Å²) in [6.45, 7) is 0.134. The van der Waals surface area contributed by atoms with E-state index < -0.39 is 11.7 Å². The molecule has 2 aromatic rings. The minimum atomic E-state index is -4.39. The zero-order chi connectivity index (χ0) is 19.9. The van der Waals surface area contributed by atoms with Crippen LogP contribution in [-0.4, -0.2) is 43.5 Å². The third-order valence-corrected chi connectivity index (χ3v) is 3.62. The average molecular weight is 380 g/mol. The number of nitrogens with one attached hydrogen (secondary N) is 1. The number of carbonyl (C=O) groups excluding carboxylic acids is 2. The lowest BCUT2D eigenvalue weighted by atomic mass is 10.2. The fraction of sp³-hybridized carbons (Fsp3) is 0.263. The van der Waals surface area contributed by atoms with Gasteiger partial charge in [0.1, 0.15) is 12.4 Å². The predicted molar refractivity (Wildman–Crippen MR) is 93.4 cm³/mol. The Bertz CT molecular complexity index is 762. The molecule has 2 rings (SSSR count). The molecule has 144 valence electrons. The number of amides is 2. The van der Waals surface area contributed by atoms with Crippen LogP contribution in [0.2, 0.25) is 0 Å². The van der Waals surface area contributed by atoms with Crippen molar-refractivity contribution in [3.63, 3.8) is 0 Å². The molecule has 27 heavy (non-hydrogen) atoms. The van der Waals surface area contributed by atoms with E-state index in [0.717, 1.165) is 12.1 Å². The van der Waals surface area contributed by atoms with Crippen LogP contribution < -0.4 is 10.1 Å². The van der Waals surface area contributed by atoms with Crippen molar-refractivity contribution < 1.29 is 27.5 Å². The van der Waals surface area contributed by atoms with Crippen LogP contribution in [0.5, 0.6) is 5.75 Å². The van der Waals surface area contributed by atoms with Gasteiger partial charge in [0.05, 0.1) is 18.7 Å². The van der Waals surface area contributed by atoms with Crippen LogP contribution in [0, 0.1) is 0 Å². The second-order valence-electron chi connectivity index (χ2n) is 5.75. The lowest BCUT2D eigenvalue weighted by molar-refractivity contribution is -0.137. The average Bonchev–Trinajstić information content (AvgIpc) is 2.65. The van der Waals surface area contributed by atoms with Gasteiger partial charge < -0.3 is 15.0 Å². The molecule has 0 atom stereocenters. The zero-order valence-electron chi connectivity index (χ0n) is 14.6. The number of alkyl halides is 3. The molecule has 0 spiro atoms. The maximum Gasteiger partial charge on any atom is 0.416 e. The first kappa shape index (κ1) is 20.3. The molecular weight excluding hydrogens is 361 g/mol. The molecule has 0 aliphatic carbocycles. The second kappa shape index (κ2) is 9.07. The van der Waals surface area contributed by atoms with Crippen LogP contribution >= 0.6 is 0 Å². The van der Waals surface area contributed by atoms with Gasteiger partial charge in [0.2, 0.25) is 5.91 Å². The summed E-state index contributed by atoms with van der Waals surface area (Å²) in [6.07, 6.45) is -4.39. The van der Waals surface area contributed by atoms with Gasteiger partial charge in [-0.3, -0.25) is 9.59 Å². The largest absolute Gasteiger partial charge is 0.492 e. The number of nitrogens with zero attached hydrogens (tertiary/aromatic N) is 1. The van der Waals surface area contributed by atoms with Crippen molar-refractivity contribution >= 4 is 11.8 Å². The van der Waals surface area contributed by atoms with Crippen LogP contribution in [0.15, 0.2) is 54.6 Å². The highest BCUT2D eigenvalue weighted by Gasteiger charge is 2.30. The quantitative estimate of drug-likeness (QED) is 0.752. The number of likely N-dealkylation sites (N-methyl/N-ethyl adjacent to an activating group) is 1. The second-order valence-corrected chi connectivity index (χ2v) is 5.75. The summed E-state index contributed by atoms with van der Waals surface area (Å²) in [5.74, 6) is -0.363. The topological polar surface area (TPSA) is 58.6 Å². The maximum absolute atomic E-state index is 12.5. The fourth-order valence-electron chi connectivity index (χ4n) is 2.24. The van der Waals surface area contributed by atoms with Gasteiger partial charge in [-0.2, -0.15) is 13.2 Å². The lowest BCUT2D eigenvalue weighted by Crippen LogP contribution is -2.39. The molecule has 0 aliphatic rings. The van der Waals surface area contributed by atoms with E-state index in [9.17, 15) is 22.8 Å². The Labute approximate surface area is 154 Å². The summed E-state index contributed by atoms with van der Waals surface area (Å²) >= 11 is 0. The van der Waals surface area contributed by atoms with Crippen molar-refractivity contribution in [2.75, 3.05) is 26.7 Å². The summed E-state index contributed by atoms with van der Waals surface area (Å²) in [7, 11) is 1.52. The summed E-state index contributed by atoms with van der Waals surface area (Å²) in [6, 6.07) is 12.9. The molecule has 0 saturated carbocycles. The fourth-order valence-corrected chi connectivity index (χ4v) is 2.24. The predicted octanol–water partition coefficient (Wildman–Crippen LogP) is 2.97. The van der Waals surface area contributed by atoms with E-state index in [4.69, 9.17) is 4.74 Å². The smallest absolute Gasteiger partial charge is 0.416 e. The van der Waals surface area contributed by atoms with Gasteiger partial charge in [-0.1, -0.05) is 18.2 Å². The van der Waals surface area contributed by atoms with E-state index in [1.54, 1.807) is 30.3 Å². The van der Waals surface area contributed by atoms with Gasteiger partial charge in [0.25, 0.3) is 5.91 Å². The van der Waals surface area contributed by atoms with Crippen LogP contribution in [0.3, 0.4) is 0 Å². The Kier molecular flexibility index (Phi) is 6.81. The Morgan fingerprint density at radius 1 is 1.04 bits per heavy atom. The maximum atomic E-state index is 12.5. The molecule has 2 aromatic carbocycles. The van der Waals surface area contributed by atoms with Crippen molar-refractivity contribution in [1.29, 1.82) is 0 Å². The van der Waals surface area contributed by atoms with Crippen molar-refractivity contribution in [3.05, 3.63) is 65.7 Å². The number of rotatable bonds is 7. The molecule has 8 heteroatoms. The third kappa shape index (κ3) is 6.32. The first-order chi connectivity index (χ1) is 12.8. The Morgan fingerprint density at radius 3 is 2.26 bits per heavy atom. The monoisotopic (exact) mass is 380 g/mol. The van der Waals surface area contributed by atoms with Crippen LogP contribution in [-0.2, 0) is 11.0 Å². The van der Waals surface area contributed by atoms with Crippen LogP contribution in [0.4, 0.5) is 13.2 Å². The summed E-state index contributed by atoms with van der Waals surface area (Å²) in [5.41, 5.74) is -0.271. The van der Waals surface area contributed by atoms with Gasteiger partial charge in [-0.15, -0.1) is 0 Å². The Morgan fingerprint density at radius 2 is 1.67 bits per heavy atom. The van der Waals surface area contributed by atoms with E-state index in [1.807, 2.05) is 0 Å². The molecule has 0 aromatic heterocycles. The molecular formula is C19H19F3N2O3. The number of hydrogen-bond donors (Lipinski definition) is 1. The van der Waals surface area contributed by atoms with E-state index in [0.29, 0.717) is 5.56 Å². The third-order valence-electron chi connectivity index (χ3n) is 3.62. The van der Waals surface area contributed by atoms with Gasteiger partial charge >= 0.3 is 6.18 Å². The van der Waals surface area contributed by atoms with Gasteiger partial charge in [0.15, 0.2) is 0 Å². The van der Waals surface area contributed by atoms with E-state index in [1.165, 1.54) is 24.1 Å². The number of ether oxygens (including phenoxy) is 1. The van der Waals surface area contributed by atoms with Crippen molar-refractivity contribution in [1.82, 2.24) is 10.2 Å². The minimum absolute atomic E-state index is 0.0907. The molecule has 0 bridgehead atoms. The van der Waals surface area contributed by atoms with Crippen LogP contribution in [0.1, 0.15) is 15.9 Å². The summed E-state index contributed by atoms with van der Waals surface area (Å²) in [5, 5.41) is 2.59.